The number of pyridine rings is 1. The fourth-order valence-corrected chi connectivity index (χ4v) is 6.29. The molecule has 202 valence electrons. The van der Waals surface area contributed by atoms with E-state index in [2.05, 4.69) is 87.5 Å². The molecule has 0 amide bonds. The number of rotatable bonds is 5. The molecular formula is C32H43N5O. The van der Waals surface area contributed by atoms with Crippen molar-refractivity contribution in [1.82, 2.24) is 15.0 Å². The van der Waals surface area contributed by atoms with E-state index in [1.807, 2.05) is 13.3 Å². The third-order valence-electron chi connectivity index (χ3n) is 8.57. The number of benzene rings is 1. The molecular weight excluding hydrogens is 470 g/mol. The van der Waals surface area contributed by atoms with Gasteiger partial charge in [-0.2, -0.15) is 0 Å². The van der Waals surface area contributed by atoms with Gasteiger partial charge in [-0.05, 0) is 61.9 Å². The quantitative estimate of drug-likeness (QED) is 0.393. The van der Waals surface area contributed by atoms with Crippen LogP contribution in [-0.2, 0) is 17.7 Å². The zero-order valence-corrected chi connectivity index (χ0v) is 24.4. The number of methoxy groups -OCH3 is 1. The normalized spacial score (nSPS) is 19.1. The van der Waals surface area contributed by atoms with Gasteiger partial charge in [0.2, 0.25) is 0 Å². The predicted molar refractivity (Wildman–Crippen MR) is 156 cm³/mol. The van der Waals surface area contributed by atoms with Crippen LogP contribution in [0.1, 0.15) is 73.7 Å². The fraction of sp³-hybridized carbons (Fsp3) is 0.531. The molecule has 0 aliphatic carbocycles. The molecule has 2 aliphatic rings. The maximum absolute atomic E-state index is 5.87. The van der Waals surface area contributed by atoms with E-state index in [0.29, 0.717) is 5.92 Å². The number of fused-ring (bicyclic) bond motifs is 1. The summed E-state index contributed by atoms with van der Waals surface area (Å²) in [7, 11) is 1.84. The average Bonchev–Trinajstić information content (AvgIpc) is 2.87. The first kappa shape index (κ1) is 26.6. The van der Waals surface area contributed by atoms with E-state index in [1.54, 1.807) is 0 Å². The molecule has 1 fully saturated rings. The Morgan fingerprint density at radius 2 is 1.79 bits per heavy atom. The van der Waals surface area contributed by atoms with E-state index in [1.165, 1.54) is 33.6 Å². The Hall–Kier alpha value is -2.99. The van der Waals surface area contributed by atoms with Crippen LogP contribution in [-0.4, -0.2) is 47.8 Å². The number of anilines is 2. The standard InChI is InChI=1S/C32H43N5O/c1-20(2)24-10-9-21(3)27(17-24)36-15-12-26-25(18-36)31(37-16-13-28(38-8)32(6,7)19-37)35-30(34-26)29-22(4)11-14-33-23(29)5/h9-11,14,17,20,28H,12-13,15-16,18-19H2,1-8H3. The number of ether oxygens (including phenoxy) is 1. The van der Waals surface area contributed by atoms with Crippen molar-refractivity contribution in [2.24, 2.45) is 5.41 Å². The molecule has 4 heterocycles. The van der Waals surface area contributed by atoms with Crippen molar-refractivity contribution in [3.05, 3.63) is 64.1 Å². The van der Waals surface area contributed by atoms with Crippen molar-refractivity contribution < 1.29 is 4.74 Å². The molecule has 0 N–H and O–H groups in total. The SMILES string of the molecule is COC1CCN(c2nc(-c3c(C)ccnc3C)nc3c2CN(c2cc(C(C)C)ccc2C)CC3)CC1(C)C. The highest BCUT2D eigenvalue weighted by Crippen LogP contribution is 2.39. The predicted octanol–water partition coefficient (Wildman–Crippen LogP) is 6.40. The first-order valence-corrected chi connectivity index (χ1v) is 14.0. The van der Waals surface area contributed by atoms with Gasteiger partial charge in [0, 0.05) is 73.8 Å². The Balaban J connectivity index is 1.61. The van der Waals surface area contributed by atoms with Crippen LogP contribution in [0.25, 0.3) is 11.4 Å². The monoisotopic (exact) mass is 513 g/mol. The highest BCUT2D eigenvalue weighted by Gasteiger charge is 2.38. The molecule has 1 unspecified atom stereocenters. The lowest BCUT2D eigenvalue weighted by atomic mass is 9.81. The van der Waals surface area contributed by atoms with Gasteiger partial charge < -0.3 is 14.5 Å². The second-order valence-corrected chi connectivity index (χ2v) is 12.2. The molecule has 6 heteroatoms. The van der Waals surface area contributed by atoms with E-state index in [0.717, 1.165) is 61.9 Å². The van der Waals surface area contributed by atoms with Crippen LogP contribution in [0.15, 0.2) is 30.5 Å². The van der Waals surface area contributed by atoms with Gasteiger partial charge in [-0.1, -0.05) is 39.8 Å². The summed E-state index contributed by atoms with van der Waals surface area (Å²) in [4.78, 5) is 20.1. The second kappa shape index (κ2) is 10.3. The van der Waals surface area contributed by atoms with E-state index in [9.17, 15) is 0 Å². The minimum Gasteiger partial charge on any atom is -0.381 e. The van der Waals surface area contributed by atoms with Crippen molar-refractivity contribution in [2.75, 3.05) is 36.5 Å². The molecule has 3 aromatic rings. The summed E-state index contributed by atoms with van der Waals surface area (Å²) in [6.07, 6.45) is 4.01. The molecule has 1 atom stereocenters. The lowest BCUT2D eigenvalue weighted by Crippen LogP contribution is -2.50. The minimum absolute atomic E-state index is 0.0294. The van der Waals surface area contributed by atoms with Crippen LogP contribution in [0.4, 0.5) is 11.5 Å². The Morgan fingerprint density at radius 3 is 2.47 bits per heavy atom. The maximum atomic E-state index is 5.87. The number of hydrogen-bond donors (Lipinski definition) is 0. The van der Waals surface area contributed by atoms with Crippen molar-refractivity contribution in [3.63, 3.8) is 0 Å². The number of hydrogen-bond acceptors (Lipinski definition) is 6. The van der Waals surface area contributed by atoms with Gasteiger partial charge in [-0.3, -0.25) is 4.98 Å². The third-order valence-corrected chi connectivity index (χ3v) is 8.57. The molecule has 1 saturated heterocycles. The lowest BCUT2D eigenvalue weighted by molar-refractivity contribution is -0.00647. The van der Waals surface area contributed by atoms with Crippen molar-refractivity contribution in [3.8, 4) is 11.4 Å². The highest BCUT2D eigenvalue weighted by atomic mass is 16.5. The summed E-state index contributed by atoms with van der Waals surface area (Å²) in [6.45, 7) is 19.2. The molecule has 5 rings (SSSR count). The molecule has 0 radical (unpaired) electrons. The van der Waals surface area contributed by atoms with Crippen LogP contribution in [0.5, 0.6) is 0 Å². The molecule has 0 spiro atoms. The summed E-state index contributed by atoms with van der Waals surface area (Å²) in [6, 6.07) is 8.98. The zero-order chi connectivity index (χ0) is 27.2. The second-order valence-electron chi connectivity index (χ2n) is 12.2. The van der Waals surface area contributed by atoms with Crippen LogP contribution >= 0.6 is 0 Å². The van der Waals surface area contributed by atoms with Crippen molar-refractivity contribution in [2.45, 2.75) is 79.9 Å². The highest BCUT2D eigenvalue weighted by molar-refractivity contribution is 5.67. The number of aromatic nitrogens is 3. The molecule has 0 bridgehead atoms. The first-order valence-electron chi connectivity index (χ1n) is 14.0. The Bertz CT molecular complexity index is 1310. The van der Waals surface area contributed by atoms with Crippen LogP contribution < -0.4 is 9.80 Å². The first-order chi connectivity index (χ1) is 18.1. The summed E-state index contributed by atoms with van der Waals surface area (Å²) in [5.74, 6) is 2.39. The third kappa shape index (κ3) is 4.91. The summed E-state index contributed by atoms with van der Waals surface area (Å²) < 4.78 is 5.87. The Morgan fingerprint density at radius 1 is 1.00 bits per heavy atom. The van der Waals surface area contributed by atoms with E-state index in [4.69, 9.17) is 14.7 Å². The molecule has 2 aromatic heterocycles. The number of aryl methyl sites for hydroxylation is 3. The largest absolute Gasteiger partial charge is 0.381 e. The van der Waals surface area contributed by atoms with Gasteiger partial charge in [0.15, 0.2) is 5.82 Å². The molecule has 1 aromatic carbocycles. The van der Waals surface area contributed by atoms with Gasteiger partial charge in [0.05, 0.1) is 11.8 Å². The zero-order valence-electron chi connectivity index (χ0n) is 24.4. The van der Waals surface area contributed by atoms with Gasteiger partial charge >= 0.3 is 0 Å². The maximum Gasteiger partial charge on any atom is 0.163 e. The number of piperidine rings is 1. The van der Waals surface area contributed by atoms with Crippen molar-refractivity contribution in [1.29, 1.82) is 0 Å². The number of nitrogens with zero attached hydrogens (tertiary/aromatic N) is 5. The van der Waals surface area contributed by atoms with Gasteiger partial charge in [-0.15, -0.1) is 0 Å². The van der Waals surface area contributed by atoms with E-state index >= 15 is 0 Å². The molecule has 0 saturated carbocycles. The Kier molecular flexibility index (Phi) is 7.21. The van der Waals surface area contributed by atoms with E-state index < -0.39 is 0 Å². The molecule has 38 heavy (non-hydrogen) atoms. The summed E-state index contributed by atoms with van der Waals surface area (Å²) in [5, 5.41) is 0. The fourth-order valence-electron chi connectivity index (χ4n) is 6.29. The molecule has 6 nitrogen and oxygen atoms in total. The topological polar surface area (TPSA) is 54.4 Å². The smallest absolute Gasteiger partial charge is 0.163 e. The van der Waals surface area contributed by atoms with Crippen molar-refractivity contribution >= 4 is 11.5 Å². The average molecular weight is 514 g/mol. The lowest BCUT2D eigenvalue weighted by Gasteiger charge is -2.45. The van der Waals surface area contributed by atoms with Crippen LogP contribution in [0.2, 0.25) is 0 Å². The molecule has 2 aliphatic heterocycles. The van der Waals surface area contributed by atoms with Crippen LogP contribution in [0.3, 0.4) is 0 Å². The van der Waals surface area contributed by atoms with E-state index in [-0.39, 0.29) is 11.5 Å². The van der Waals surface area contributed by atoms with Gasteiger partial charge in [0.1, 0.15) is 5.82 Å². The summed E-state index contributed by atoms with van der Waals surface area (Å²) >= 11 is 0. The van der Waals surface area contributed by atoms with Gasteiger partial charge in [0.25, 0.3) is 0 Å². The van der Waals surface area contributed by atoms with Crippen LogP contribution in [0, 0.1) is 26.2 Å². The van der Waals surface area contributed by atoms with Gasteiger partial charge in [-0.25, -0.2) is 9.97 Å². The Labute approximate surface area is 228 Å². The summed E-state index contributed by atoms with van der Waals surface area (Å²) in [5.41, 5.74) is 9.71. The minimum atomic E-state index is 0.0294.